The maximum atomic E-state index is 12.8. The molecule has 0 fully saturated rings. The number of amides is 1. The Hall–Kier alpha value is -3.83. The third-order valence-corrected chi connectivity index (χ3v) is 7.97. The minimum atomic E-state index is -3.77. The molecule has 0 spiro atoms. The van der Waals surface area contributed by atoms with E-state index in [1.54, 1.807) is 25.1 Å². The molecule has 3 aromatic carbocycles. The second-order valence-corrected chi connectivity index (χ2v) is 11.4. The van der Waals surface area contributed by atoms with Gasteiger partial charge in [-0.15, -0.1) is 5.10 Å². The molecule has 4 rings (SSSR count). The molecule has 0 unspecified atom stereocenters. The maximum Gasteiger partial charge on any atom is 0.261 e. The minimum Gasteiger partial charge on any atom is -0.484 e. The summed E-state index contributed by atoms with van der Waals surface area (Å²) in [6.45, 7) is 5.87. The molecule has 11 heteroatoms. The average Bonchev–Trinajstić information content (AvgIpc) is 3.37. The van der Waals surface area contributed by atoms with Gasteiger partial charge in [-0.05, 0) is 67.8 Å². The predicted octanol–water partition coefficient (Wildman–Crippen LogP) is 4.49. The molecule has 0 atom stereocenters. The third kappa shape index (κ3) is 7.14. The van der Waals surface area contributed by atoms with Crippen LogP contribution in [0.5, 0.6) is 5.75 Å². The van der Waals surface area contributed by atoms with Gasteiger partial charge in [0.25, 0.3) is 15.9 Å². The third-order valence-electron chi connectivity index (χ3n) is 5.74. The Balaban J connectivity index is 1.23. The van der Waals surface area contributed by atoms with Crippen LogP contribution in [-0.4, -0.2) is 48.4 Å². The number of thioether (sulfide) groups is 1. The highest BCUT2D eigenvalue weighted by Crippen LogP contribution is 2.24. The first-order chi connectivity index (χ1) is 18.2. The van der Waals surface area contributed by atoms with Crippen LogP contribution in [0.15, 0.2) is 76.8 Å². The van der Waals surface area contributed by atoms with Crippen molar-refractivity contribution in [3.05, 3.63) is 83.4 Å². The summed E-state index contributed by atoms with van der Waals surface area (Å²) in [6, 6.07) is 19.6. The van der Waals surface area contributed by atoms with Crippen molar-refractivity contribution in [2.75, 3.05) is 23.6 Å². The van der Waals surface area contributed by atoms with E-state index >= 15 is 0 Å². The minimum absolute atomic E-state index is 0.115. The van der Waals surface area contributed by atoms with Crippen LogP contribution in [0.2, 0.25) is 0 Å². The summed E-state index contributed by atoms with van der Waals surface area (Å²) < 4.78 is 33.9. The van der Waals surface area contributed by atoms with Crippen LogP contribution >= 0.6 is 11.8 Å². The number of aromatic amines is 1. The summed E-state index contributed by atoms with van der Waals surface area (Å²) >= 11 is 1.43. The number of anilines is 1. The Morgan fingerprint density at radius 2 is 1.76 bits per heavy atom. The van der Waals surface area contributed by atoms with E-state index in [0.29, 0.717) is 40.3 Å². The van der Waals surface area contributed by atoms with Crippen molar-refractivity contribution in [1.82, 2.24) is 20.5 Å². The van der Waals surface area contributed by atoms with Gasteiger partial charge in [0, 0.05) is 23.5 Å². The van der Waals surface area contributed by atoms with Crippen LogP contribution in [0.4, 0.5) is 5.69 Å². The summed E-state index contributed by atoms with van der Waals surface area (Å²) in [5, 5.41) is 10.5. The molecule has 0 aliphatic rings. The van der Waals surface area contributed by atoms with Crippen LogP contribution in [0, 0.1) is 20.8 Å². The number of aryl methyl sites for hydroxylation is 3. The van der Waals surface area contributed by atoms with Gasteiger partial charge in [0.2, 0.25) is 5.16 Å². The molecule has 0 radical (unpaired) electrons. The number of H-pyrrole nitrogens is 1. The standard InChI is InChI=1S/C27H29N5O4S2/c1-18-9-10-22(15-19(18)2)32-38(34,35)23-11-12-24(20(3)16-23)36-17-25(33)28-13-14-37-27-29-26(30-31-27)21-7-5-4-6-8-21/h4-12,15-16,32H,13-14,17H2,1-3H3,(H,28,33)(H,29,30,31). The van der Waals surface area contributed by atoms with E-state index in [-0.39, 0.29) is 17.4 Å². The average molecular weight is 552 g/mol. The fourth-order valence-corrected chi connectivity index (χ4v) is 5.32. The summed E-state index contributed by atoms with van der Waals surface area (Å²) in [5.74, 6) is 1.45. The molecular weight excluding hydrogens is 522 g/mol. The van der Waals surface area contributed by atoms with Crippen LogP contribution < -0.4 is 14.8 Å². The number of benzene rings is 3. The molecule has 0 saturated heterocycles. The van der Waals surface area contributed by atoms with Crippen molar-refractivity contribution < 1.29 is 17.9 Å². The van der Waals surface area contributed by atoms with E-state index in [9.17, 15) is 13.2 Å². The summed E-state index contributed by atoms with van der Waals surface area (Å²) in [7, 11) is -3.77. The smallest absolute Gasteiger partial charge is 0.261 e. The van der Waals surface area contributed by atoms with Crippen LogP contribution in [0.1, 0.15) is 16.7 Å². The van der Waals surface area contributed by atoms with E-state index in [0.717, 1.165) is 16.7 Å². The Kier molecular flexibility index (Phi) is 8.70. The Morgan fingerprint density at radius 1 is 0.974 bits per heavy atom. The topological polar surface area (TPSA) is 126 Å². The van der Waals surface area contributed by atoms with Gasteiger partial charge in [0.1, 0.15) is 5.75 Å². The van der Waals surface area contributed by atoms with Gasteiger partial charge < -0.3 is 10.1 Å². The fraction of sp³-hybridized carbons (Fsp3) is 0.222. The molecule has 38 heavy (non-hydrogen) atoms. The molecule has 1 heterocycles. The van der Waals surface area contributed by atoms with Crippen molar-refractivity contribution >= 4 is 33.4 Å². The van der Waals surface area contributed by atoms with E-state index in [1.165, 1.54) is 23.9 Å². The fourth-order valence-electron chi connectivity index (χ4n) is 3.53. The lowest BCUT2D eigenvalue weighted by Gasteiger charge is -2.13. The molecule has 0 bridgehead atoms. The van der Waals surface area contributed by atoms with Crippen molar-refractivity contribution in [1.29, 1.82) is 0 Å². The van der Waals surface area contributed by atoms with Crippen molar-refractivity contribution in [2.45, 2.75) is 30.8 Å². The predicted molar refractivity (Wildman–Crippen MR) is 149 cm³/mol. The summed E-state index contributed by atoms with van der Waals surface area (Å²) in [6.07, 6.45) is 0. The number of nitrogens with one attached hydrogen (secondary N) is 3. The molecule has 9 nitrogen and oxygen atoms in total. The number of sulfonamides is 1. The second kappa shape index (κ2) is 12.1. The SMILES string of the molecule is Cc1ccc(NS(=O)(=O)c2ccc(OCC(=O)NCCSc3n[nH]c(-c4ccccc4)n3)c(C)c2)cc1C. The summed E-state index contributed by atoms with van der Waals surface area (Å²) in [5.41, 5.74) is 4.14. The highest BCUT2D eigenvalue weighted by Gasteiger charge is 2.16. The van der Waals surface area contributed by atoms with Crippen molar-refractivity contribution in [2.24, 2.45) is 0 Å². The number of ether oxygens (including phenoxy) is 1. The van der Waals surface area contributed by atoms with Gasteiger partial charge in [-0.3, -0.25) is 14.6 Å². The zero-order valence-corrected chi connectivity index (χ0v) is 22.9. The number of carbonyl (C=O) groups excluding carboxylic acids is 1. The largest absolute Gasteiger partial charge is 0.484 e. The van der Waals surface area contributed by atoms with E-state index in [1.807, 2.05) is 50.2 Å². The van der Waals surface area contributed by atoms with Crippen LogP contribution in [0.25, 0.3) is 11.4 Å². The Morgan fingerprint density at radius 3 is 2.50 bits per heavy atom. The number of carbonyl (C=O) groups is 1. The van der Waals surface area contributed by atoms with Crippen LogP contribution in [0.3, 0.4) is 0 Å². The Bertz CT molecular complexity index is 1520. The molecule has 1 aromatic heterocycles. The molecule has 198 valence electrons. The first-order valence-electron chi connectivity index (χ1n) is 11.9. The molecule has 3 N–H and O–H groups in total. The highest BCUT2D eigenvalue weighted by molar-refractivity contribution is 7.99. The van der Waals surface area contributed by atoms with E-state index in [4.69, 9.17) is 4.74 Å². The Labute approximate surface area is 226 Å². The first-order valence-corrected chi connectivity index (χ1v) is 14.4. The van der Waals surface area contributed by atoms with Gasteiger partial charge in [-0.2, -0.15) is 0 Å². The van der Waals surface area contributed by atoms with E-state index < -0.39 is 10.0 Å². The first kappa shape index (κ1) is 27.2. The van der Waals surface area contributed by atoms with Gasteiger partial charge in [0.05, 0.1) is 4.90 Å². The lowest BCUT2D eigenvalue weighted by atomic mass is 10.1. The molecule has 0 aliphatic heterocycles. The molecule has 1 amide bonds. The van der Waals surface area contributed by atoms with Crippen molar-refractivity contribution in [3.63, 3.8) is 0 Å². The summed E-state index contributed by atoms with van der Waals surface area (Å²) in [4.78, 5) is 16.8. The number of nitrogens with zero attached hydrogens (tertiary/aromatic N) is 2. The zero-order valence-electron chi connectivity index (χ0n) is 21.3. The molecule has 0 saturated carbocycles. The normalized spacial score (nSPS) is 11.2. The van der Waals surface area contributed by atoms with Gasteiger partial charge in [-0.25, -0.2) is 13.4 Å². The zero-order chi connectivity index (χ0) is 27.1. The van der Waals surface area contributed by atoms with Crippen LogP contribution in [-0.2, 0) is 14.8 Å². The highest BCUT2D eigenvalue weighted by atomic mass is 32.2. The number of aromatic nitrogens is 3. The lowest BCUT2D eigenvalue weighted by molar-refractivity contribution is -0.122. The molecular formula is C27H29N5O4S2. The number of hydrogen-bond acceptors (Lipinski definition) is 7. The van der Waals surface area contributed by atoms with Gasteiger partial charge in [-0.1, -0.05) is 48.2 Å². The second-order valence-electron chi connectivity index (χ2n) is 8.65. The monoisotopic (exact) mass is 551 g/mol. The van der Waals surface area contributed by atoms with Gasteiger partial charge in [0.15, 0.2) is 12.4 Å². The lowest BCUT2D eigenvalue weighted by Crippen LogP contribution is -2.30. The number of hydrogen-bond donors (Lipinski definition) is 3. The van der Waals surface area contributed by atoms with Gasteiger partial charge >= 0.3 is 0 Å². The molecule has 0 aliphatic carbocycles. The van der Waals surface area contributed by atoms with E-state index in [2.05, 4.69) is 25.2 Å². The maximum absolute atomic E-state index is 12.8. The van der Waals surface area contributed by atoms with Crippen molar-refractivity contribution in [3.8, 4) is 17.1 Å². The number of rotatable bonds is 11. The quantitative estimate of drug-likeness (QED) is 0.185. The molecule has 4 aromatic rings.